The number of aromatic nitrogens is 3. The molecule has 118 valence electrons. The molecular formula is C16H16N4OS2. The lowest BCUT2D eigenvalue weighted by atomic mass is 10.2. The first-order chi connectivity index (χ1) is 11.3. The molecule has 5 nitrogen and oxygen atoms in total. The first-order valence-electron chi connectivity index (χ1n) is 7.13. The summed E-state index contributed by atoms with van der Waals surface area (Å²) in [5.74, 6) is -0.0440. The first kappa shape index (κ1) is 15.8. The zero-order chi connectivity index (χ0) is 16.1. The van der Waals surface area contributed by atoms with Gasteiger partial charge in [0.05, 0.1) is 11.3 Å². The second kappa shape index (κ2) is 7.43. The molecule has 0 aliphatic rings. The van der Waals surface area contributed by atoms with Gasteiger partial charge in [-0.1, -0.05) is 12.1 Å². The zero-order valence-corrected chi connectivity index (χ0v) is 14.2. The Bertz CT molecular complexity index is 783. The summed E-state index contributed by atoms with van der Waals surface area (Å²) in [5.41, 5.74) is 1.68. The highest BCUT2D eigenvalue weighted by molar-refractivity contribution is 7.98. The summed E-state index contributed by atoms with van der Waals surface area (Å²) in [6, 6.07) is 9.49. The highest BCUT2D eigenvalue weighted by Crippen LogP contribution is 2.19. The summed E-state index contributed by atoms with van der Waals surface area (Å²) in [6.45, 7) is 0.559. The van der Waals surface area contributed by atoms with Gasteiger partial charge < -0.3 is 5.32 Å². The molecule has 0 saturated carbocycles. The summed E-state index contributed by atoms with van der Waals surface area (Å²) in [7, 11) is 0. The molecule has 0 saturated heterocycles. The zero-order valence-electron chi connectivity index (χ0n) is 12.6. The Morgan fingerprint density at radius 2 is 2.22 bits per heavy atom. The van der Waals surface area contributed by atoms with Crippen LogP contribution < -0.4 is 5.32 Å². The Morgan fingerprint density at radius 1 is 1.35 bits per heavy atom. The van der Waals surface area contributed by atoms with Gasteiger partial charge in [-0.25, -0.2) is 9.67 Å². The molecule has 0 unspecified atom stereocenters. The Hall–Kier alpha value is -2.12. The summed E-state index contributed by atoms with van der Waals surface area (Å²) in [4.78, 5) is 17.8. The summed E-state index contributed by atoms with van der Waals surface area (Å²) >= 11 is 3.12. The molecule has 2 heterocycles. The van der Waals surface area contributed by atoms with E-state index in [1.165, 1.54) is 0 Å². The minimum atomic E-state index is -0.0440. The molecule has 23 heavy (non-hydrogen) atoms. The number of carbonyl (C=O) groups excluding carboxylic acids is 1. The number of thiazole rings is 1. The summed E-state index contributed by atoms with van der Waals surface area (Å²) in [6.07, 6.45) is 6.26. The van der Waals surface area contributed by atoms with Gasteiger partial charge >= 0.3 is 0 Å². The molecule has 0 spiro atoms. The Balaban J connectivity index is 1.56. The van der Waals surface area contributed by atoms with Crippen molar-refractivity contribution in [3.8, 4) is 5.13 Å². The molecule has 0 aliphatic heterocycles. The number of nitrogens with zero attached hydrogens (tertiary/aromatic N) is 3. The van der Waals surface area contributed by atoms with Crippen LogP contribution in [0.3, 0.4) is 0 Å². The van der Waals surface area contributed by atoms with Crippen molar-refractivity contribution in [2.45, 2.75) is 11.3 Å². The van der Waals surface area contributed by atoms with Gasteiger partial charge in [0, 0.05) is 35.6 Å². The third-order valence-electron chi connectivity index (χ3n) is 3.26. The summed E-state index contributed by atoms with van der Waals surface area (Å²) < 4.78 is 1.74. The smallest absolute Gasteiger partial charge is 0.252 e. The van der Waals surface area contributed by atoms with Gasteiger partial charge in [0.1, 0.15) is 0 Å². The number of benzene rings is 1. The Kier molecular flexibility index (Phi) is 5.09. The third kappa shape index (κ3) is 3.80. The van der Waals surface area contributed by atoms with Crippen LogP contribution in [0.15, 0.2) is 53.0 Å². The van der Waals surface area contributed by atoms with Crippen LogP contribution >= 0.6 is 23.1 Å². The number of hydrogen-bond acceptors (Lipinski definition) is 5. The van der Waals surface area contributed by atoms with E-state index in [9.17, 15) is 4.79 Å². The number of hydrogen-bond donors (Lipinski definition) is 1. The molecular weight excluding hydrogens is 328 g/mol. The van der Waals surface area contributed by atoms with Gasteiger partial charge in [-0.15, -0.1) is 23.1 Å². The van der Waals surface area contributed by atoms with Gasteiger partial charge in [-0.2, -0.15) is 5.10 Å². The van der Waals surface area contributed by atoms with E-state index >= 15 is 0 Å². The van der Waals surface area contributed by atoms with Crippen molar-refractivity contribution in [3.63, 3.8) is 0 Å². The maximum Gasteiger partial charge on any atom is 0.252 e. The quantitative estimate of drug-likeness (QED) is 0.698. The molecule has 1 N–H and O–H groups in total. The molecule has 3 rings (SSSR count). The number of rotatable bonds is 6. The van der Waals surface area contributed by atoms with E-state index in [2.05, 4.69) is 15.4 Å². The summed E-state index contributed by atoms with van der Waals surface area (Å²) in [5, 5.41) is 9.95. The standard InChI is InChI=1S/C16H16N4OS2/c1-22-14-6-3-2-5-13(14)15(21)17-9-7-12-11-23-16(19-12)20-10-4-8-18-20/h2-6,8,10-11H,7,9H2,1H3,(H,17,21). The van der Waals surface area contributed by atoms with Crippen LogP contribution in [0.1, 0.15) is 16.1 Å². The van der Waals surface area contributed by atoms with Crippen molar-refractivity contribution in [1.82, 2.24) is 20.1 Å². The molecule has 7 heteroatoms. The van der Waals surface area contributed by atoms with E-state index in [0.717, 1.165) is 21.3 Å². The van der Waals surface area contributed by atoms with Crippen LogP contribution in [0.5, 0.6) is 0 Å². The first-order valence-corrected chi connectivity index (χ1v) is 9.24. The van der Waals surface area contributed by atoms with Crippen LogP contribution in [-0.4, -0.2) is 33.5 Å². The monoisotopic (exact) mass is 344 g/mol. The maximum atomic E-state index is 12.3. The van der Waals surface area contributed by atoms with Crippen molar-refractivity contribution in [3.05, 3.63) is 59.4 Å². The van der Waals surface area contributed by atoms with Gasteiger partial charge in [-0.05, 0) is 24.5 Å². The van der Waals surface area contributed by atoms with Crippen molar-refractivity contribution in [2.24, 2.45) is 0 Å². The number of amides is 1. The number of thioether (sulfide) groups is 1. The molecule has 1 amide bonds. The molecule has 1 aromatic carbocycles. The highest BCUT2D eigenvalue weighted by Gasteiger charge is 2.10. The van der Waals surface area contributed by atoms with E-state index in [1.807, 2.05) is 48.2 Å². The molecule has 0 atom stereocenters. The largest absolute Gasteiger partial charge is 0.352 e. The van der Waals surface area contributed by atoms with Crippen LogP contribution in [-0.2, 0) is 6.42 Å². The van der Waals surface area contributed by atoms with Crippen molar-refractivity contribution >= 4 is 29.0 Å². The van der Waals surface area contributed by atoms with Crippen molar-refractivity contribution in [1.29, 1.82) is 0 Å². The van der Waals surface area contributed by atoms with Crippen LogP contribution in [0.25, 0.3) is 5.13 Å². The van der Waals surface area contributed by atoms with Crippen molar-refractivity contribution in [2.75, 3.05) is 12.8 Å². The highest BCUT2D eigenvalue weighted by atomic mass is 32.2. The molecule has 0 fully saturated rings. The SMILES string of the molecule is CSc1ccccc1C(=O)NCCc1csc(-n2cccn2)n1. The van der Waals surface area contributed by atoms with Crippen LogP contribution in [0, 0.1) is 0 Å². The molecule has 0 aliphatic carbocycles. The fourth-order valence-electron chi connectivity index (χ4n) is 2.13. The lowest BCUT2D eigenvalue weighted by molar-refractivity contribution is 0.0951. The fraction of sp³-hybridized carbons (Fsp3) is 0.188. The normalized spacial score (nSPS) is 10.7. The molecule has 0 bridgehead atoms. The second-order valence-corrected chi connectivity index (χ2v) is 6.46. The third-order valence-corrected chi connectivity index (χ3v) is 4.93. The lowest BCUT2D eigenvalue weighted by Crippen LogP contribution is -2.26. The van der Waals surface area contributed by atoms with Gasteiger partial charge in [0.25, 0.3) is 5.91 Å². The number of nitrogens with one attached hydrogen (secondary N) is 1. The van der Waals surface area contributed by atoms with Gasteiger partial charge in [-0.3, -0.25) is 4.79 Å². The van der Waals surface area contributed by atoms with E-state index < -0.39 is 0 Å². The van der Waals surface area contributed by atoms with E-state index in [0.29, 0.717) is 13.0 Å². The van der Waals surface area contributed by atoms with Crippen LogP contribution in [0.2, 0.25) is 0 Å². The minimum Gasteiger partial charge on any atom is -0.352 e. The van der Waals surface area contributed by atoms with E-state index in [4.69, 9.17) is 0 Å². The second-order valence-electron chi connectivity index (χ2n) is 4.78. The van der Waals surface area contributed by atoms with E-state index in [1.54, 1.807) is 34.0 Å². The van der Waals surface area contributed by atoms with Gasteiger partial charge in [0.2, 0.25) is 5.13 Å². The molecule has 0 radical (unpaired) electrons. The maximum absolute atomic E-state index is 12.3. The lowest BCUT2D eigenvalue weighted by Gasteiger charge is -2.07. The van der Waals surface area contributed by atoms with Gasteiger partial charge in [0.15, 0.2) is 0 Å². The predicted molar refractivity (Wildman–Crippen MR) is 93.5 cm³/mol. The van der Waals surface area contributed by atoms with Crippen LogP contribution in [0.4, 0.5) is 0 Å². The number of carbonyl (C=O) groups is 1. The van der Waals surface area contributed by atoms with Crippen molar-refractivity contribution < 1.29 is 4.79 Å². The Morgan fingerprint density at radius 3 is 3.00 bits per heavy atom. The topological polar surface area (TPSA) is 59.8 Å². The average Bonchev–Trinajstić information content (AvgIpc) is 3.26. The van der Waals surface area contributed by atoms with E-state index in [-0.39, 0.29) is 5.91 Å². The predicted octanol–water partition coefficient (Wildman–Crippen LogP) is 3.02. The minimum absolute atomic E-state index is 0.0440. The Labute approximate surface area is 142 Å². The molecule has 3 aromatic rings. The molecule has 2 aromatic heterocycles. The average molecular weight is 344 g/mol. The fourth-order valence-corrected chi connectivity index (χ4v) is 3.52.